The van der Waals surface area contributed by atoms with Gasteiger partial charge in [-0.25, -0.2) is 4.98 Å². The fourth-order valence-corrected chi connectivity index (χ4v) is 1.95. The Labute approximate surface area is 93.0 Å². The molecule has 0 saturated carbocycles. The monoisotopic (exact) mass is 228 g/mol. The predicted molar refractivity (Wildman–Crippen MR) is 61.3 cm³/mol. The summed E-state index contributed by atoms with van der Waals surface area (Å²) in [5, 5.41) is 17.6. The first-order valence-electron chi connectivity index (χ1n) is 4.75. The van der Waals surface area contributed by atoms with Crippen LogP contribution in [0.25, 0.3) is 0 Å². The van der Waals surface area contributed by atoms with E-state index in [1.54, 1.807) is 11.3 Å². The summed E-state index contributed by atoms with van der Waals surface area (Å²) in [5.74, 6) is 0.241. The van der Waals surface area contributed by atoms with E-state index in [0.29, 0.717) is 13.0 Å². The largest absolute Gasteiger partial charge is 0.409 e. The lowest BCUT2D eigenvalue weighted by molar-refractivity contribution is 0.316. The Bertz CT molecular complexity index is 337. The molecule has 0 spiro atoms. The molecule has 1 aromatic rings. The van der Waals surface area contributed by atoms with Gasteiger partial charge in [-0.1, -0.05) is 5.16 Å². The van der Waals surface area contributed by atoms with Gasteiger partial charge in [-0.15, -0.1) is 11.3 Å². The molecular weight excluding hydrogens is 212 g/mol. The molecule has 0 aliphatic rings. The summed E-state index contributed by atoms with van der Waals surface area (Å²) in [7, 11) is 0. The van der Waals surface area contributed by atoms with Gasteiger partial charge in [-0.2, -0.15) is 0 Å². The summed E-state index contributed by atoms with van der Waals surface area (Å²) in [4.78, 5) is 4.37. The topological polar surface area (TPSA) is 83.5 Å². The van der Waals surface area contributed by atoms with Gasteiger partial charge in [0.2, 0.25) is 0 Å². The van der Waals surface area contributed by atoms with Crippen molar-refractivity contribution in [1.82, 2.24) is 10.3 Å². The SMILES string of the molecule is Cc1csc(C(C)NCCC(N)=NO)n1. The molecule has 0 radical (unpaired) electrons. The van der Waals surface area contributed by atoms with Gasteiger partial charge in [0.15, 0.2) is 0 Å². The zero-order valence-corrected chi connectivity index (χ0v) is 9.71. The van der Waals surface area contributed by atoms with Crippen LogP contribution in [0.3, 0.4) is 0 Å². The van der Waals surface area contributed by atoms with Crippen LogP contribution in [0.4, 0.5) is 0 Å². The molecule has 0 fully saturated rings. The quantitative estimate of drug-likeness (QED) is 0.306. The molecular formula is C9H16N4OS. The third kappa shape index (κ3) is 3.85. The minimum Gasteiger partial charge on any atom is -0.409 e. The van der Waals surface area contributed by atoms with Crippen molar-refractivity contribution in [3.8, 4) is 0 Å². The second kappa shape index (κ2) is 5.67. The number of nitrogens with two attached hydrogens (primary N) is 1. The van der Waals surface area contributed by atoms with Gasteiger partial charge in [-0.3, -0.25) is 0 Å². The molecule has 0 bridgehead atoms. The average Bonchev–Trinajstić information content (AvgIpc) is 2.64. The molecule has 15 heavy (non-hydrogen) atoms. The highest BCUT2D eigenvalue weighted by Gasteiger charge is 2.08. The molecule has 1 rings (SSSR count). The minimum atomic E-state index is 0.204. The highest BCUT2D eigenvalue weighted by atomic mass is 32.1. The number of hydrogen-bond donors (Lipinski definition) is 3. The Morgan fingerprint density at radius 1 is 1.80 bits per heavy atom. The van der Waals surface area contributed by atoms with Crippen LogP contribution in [-0.4, -0.2) is 22.6 Å². The molecule has 1 aromatic heterocycles. The maximum Gasteiger partial charge on any atom is 0.140 e. The number of rotatable bonds is 5. The number of hydrogen-bond acceptors (Lipinski definition) is 5. The fraction of sp³-hybridized carbons (Fsp3) is 0.556. The van der Waals surface area contributed by atoms with Gasteiger partial charge in [0.25, 0.3) is 0 Å². The maximum absolute atomic E-state index is 8.35. The molecule has 0 aliphatic heterocycles. The first-order chi connectivity index (χ1) is 7.13. The lowest BCUT2D eigenvalue weighted by atomic mass is 10.3. The van der Waals surface area contributed by atoms with Crippen LogP contribution in [0.5, 0.6) is 0 Å². The van der Waals surface area contributed by atoms with E-state index in [4.69, 9.17) is 10.9 Å². The van der Waals surface area contributed by atoms with E-state index >= 15 is 0 Å². The van der Waals surface area contributed by atoms with Crippen LogP contribution >= 0.6 is 11.3 Å². The highest BCUT2D eigenvalue weighted by Crippen LogP contribution is 2.16. The summed E-state index contributed by atoms with van der Waals surface area (Å²) in [6.45, 7) is 4.70. The number of nitrogens with one attached hydrogen (secondary N) is 1. The first kappa shape index (κ1) is 11.9. The summed E-state index contributed by atoms with van der Waals surface area (Å²) in [5.41, 5.74) is 6.39. The lowest BCUT2D eigenvalue weighted by Gasteiger charge is -2.10. The van der Waals surface area contributed by atoms with Crippen molar-refractivity contribution in [2.24, 2.45) is 10.9 Å². The van der Waals surface area contributed by atoms with E-state index in [2.05, 4.69) is 15.5 Å². The Balaban J connectivity index is 2.33. The van der Waals surface area contributed by atoms with Crippen molar-refractivity contribution in [2.45, 2.75) is 26.3 Å². The van der Waals surface area contributed by atoms with Crippen molar-refractivity contribution in [3.63, 3.8) is 0 Å². The minimum absolute atomic E-state index is 0.204. The molecule has 84 valence electrons. The number of thiazole rings is 1. The lowest BCUT2D eigenvalue weighted by Crippen LogP contribution is -2.24. The summed E-state index contributed by atoms with van der Waals surface area (Å²) >= 11 is 1.64. The van der Waals surface area contributed by atoms with Crippen LogP contribution in [0.1, 0.15) is 30.1 Å². The molecule has 1 atom stereocenters. The Morgan fingerprint density at radius 3 is 3.07 bits per heavy atom. The van der Waals surface area contributed by atoms with E-state index in [9.17, 15) is 0 Å². The van der Waals surface area contributed by atoms with E-state index < -0.39 is 0 Å². The van der Waals surface area contributed by atoms with Gasteiger partial charge >= 0.3 is 0 Å². The first-order valence-corrected chi connectivity index (χ1v) is 5.63. The predicted octanol–water partition coefficient (Wildman–Crippen LogP) is 1.24. The third-order valence-electron chi connectivity index (χ3n) is 1.97. The zero-order chi connectivity index (χ0) is 11.3. The smallest absolute Gasteiger partial charge is 0.140 e. The van der Waals surface area contributed by atoms with Gasteiger partial charge < -0.3 is 16.3 Å². The van der Waals surface area contributed by atoms with Gasteiger partial charge in [0.1, 0.15) is 10.8 Å². The van der Waals surface area contributed by atoms with Crippen LogP contribution in [0, 0.1) is 6.92 Å². The number of amidine groups is 1. The van der Waals surface area contributed by atoms with Crippen molar-refractivity contribution in [3.05, 3.63) is 16.1 Å². The van der Waals surface area contributed by atoms with Gasteiger partial charge in [0.05, 0.1) is 6.04 Å². The molecule has 0 aromatic carbocycles. The number of aromatic nitrogens is 1. The van der Waals surface area contributed by atoms with E-state index in [0.717, 1.165) is 10.7 Å². The van der Waals surface area contributed by atoms with Crippen molar-refractivity contribution in [2.75, 3.05) is 6.54 Å². The third-order valence-corrected chi connectivity index (χ3v) is 3.11. The van der Waals surface area contributed by atoms with Crippen molar-refractivity contribution < 1.29 is 5.21 Å². The molecule has 0 aliphatic carbocycles. The van der Waals surface area contributed by atoms with Crippen molar-refractivity contribution >= 4 is 17.2 Å². The zero-order valence-electron chi connectivity index (χ0n) is 8.90. The van der Waals surface area contributed by atoms with Crippen LogP contribution in [0.2, 0.25) is 0 Å². The highest BCUT2D eigenvalue weighted by molar-refractivity contribution is 7.09. The maximum atomic E-state index is 8.35. The number of nitrogens with zero attached hydrogens (tertiary/aromatic N) is 2. The van der Waals surface area contributed by atoms with Crippen LogP contribution in [-0.2, 0) is 0 Å². The Kier molecular flexibility index (Phi) is 4.51. The normalized spacial score (nSPS) is 14.1. The number of oxime groups is 1. The fourth-order valence-electron chi connectivity index (χ4n) is 1.13. The molecule has 5 nitrogen and oxygen atoms in total. The molecule has 0 amide bonds. The Morgan fingerprint density at radius 2 is 2.53 bits per heavy atom. The van der Waals surface area contributed by atoms with E-state index in [1.807, 2.05) is 19.2 Å². The van der Waals surface area contributed by atoms with Crippen LogP contribution in [0.15, 0.2) is 10.5 Å². The molecule has 6 heteroatoms. The average molecular weight is 228 g/mol. The number of aryl methyl sites for hydroxylation is 1. The van der Waals surface area contributed by atoms with E-state index in [1.165, 1.54) is 0 Å². The Hall–Kier alpha value is -1.14. The second-order valence-corrected chi connectivity index (χ2v) is 4.23. The van der Waals surface area contributed by atoms with Crippen LogP contribution < -0.4 is 11.1 Å². The molecule has 0 saturated heterocycles. The molecule has 1 unspecified atom stereocenters. The van der Waals surface area contributed by atoms with Crippen molar-refractivity contribution in [1.29, 1.82) is 0 Å². The van der Waals surface area contributed by atoms with E-state index in [-0.39, 0.29) is 11.9 Å². The van der Waals surface area contributed by atoms with Gasteiger partial charge in [0, 0.05) is 24.0 Å². The standard InChI is InChI=1S/C9H16N4OS/c1-6-5-15-9(12-6)7(2)11-4-3-8(10)13-14/h5,7,11,14H,3-4H2,1-2H3,(H2,10,13). The summed E-state index contributed by atoms with van der Waals surface area (Å²) < 4.78 is 0. The van der Waals surface area contributed by atoms with Gasteiger partial charge in [-0.05, 0) is 13.8 Å². The molecule has 1 heterocycles. The summed E-state index contributed by atoms with van der Waals surface area (Å²) in [6, 6.07) is 0.204. The summed E-state index contributed by atoms with van der Waals surface area (Å²) in [6.07, 6.45) is 0.533. The molecule has 4 N–H and O–H groups in total. The second-order valence-electron chi connectivity index (χ2n) is 3.34.